The highest BCUT2D eigenvalue weighted by Gasteiger charge is 2.27. The number of fused-ring (bicyclic) bond motifs is 3. The van der Waals surface area contributed by atoms with Crippen molar-refractivity contribution in [2.24, 2.45) is 5.92 Å². The van der Waals surface area contributed by atoms with Gasteiger partial charge in [0, 0.05) is 35.1 Å². The Bertz CT molecular complexity index is 1280. The molecule has 0 radical (unpaired) electrons. The zero-order valence-corrected chi connectivity index (χ0v) is 20.0. The van der Waals surface area contributed by atoms with Crippen molar-refractivity contribution in [2.45, 2.75) is 54.0 Å². The van der Waals surface area contributed by atoms with Crippen molar-refractivity contribution in [2.75, 3.05) is 13.1 Å². The van der Waals surface area contributed by atoms with E-state index in [2.05, 4.69) is 28.7 Å². The molecule has 1 aromatic heterocycles. The highest BCUT2D eigenvalue weighted by Crippen LogP contribution is 2.39. The van der Waals surface area contributed by atoms with Crippen LogP contribution in [0.15, 0.2) is 29.1 Å². The summed E-state index contributed by atoms with van der Waals surface area (Å²) in [7, 11) is 0. The van der Waals surface area contributed by atoms with Gasteiger partial charge in [0.15, 0.2) is 0 Å². The molecule has 3 aromatic rings. The third kappa shape index (κ3) is 4.32. The second-order valence-corrected chi connectivity index (χ2v) is 9.64. The van der Waals surface area contributed by atoms with Gasteiger partial charge in [0.25, 0.3) is 5.56 Å². The topological polar surface area (TPSA) is 62.4 Å². The average molecular weight is 451 g/mol. The van der Waals surface area contributed by atoms with E-state index in [4.69, 9.17) is 0 Å². The lowest BCUT2D eigenvalue weighted by molar-refractivity contribution is -0.182. The Labute approximate surface area is 193 Å². The molecule has 33 heavy (non-hydrogen) atoms. The highest BCUT2D eigenvalue weighted by molar-refractivity contribution is 5.97. The van der Waals surface area contributed by atoms with E-state index in [-0.39, 0.29) is 12.0 Å². The number of pyridine rings is 1. The number of hydrogen-bond acceptors (Lipinski definition) is 4. The number of aryl methyl sites for hydroxylation is 3. The summed E-state index contributed by atoms with van der Waals surface area (Å²) in [5.41, 5.74) is 8.00. The predicted molar refractivity (Wildman–Crippen MR) is 129 cm³/mol. The van der Waals surface area contributed by atoms with E-state index in [0.717, 1.165) is 69.4 Å². The fourth-order valence-corrected chi connectivity index (χ4v) is 5.27. The quantitative estimate of drug-likeness (QED) is 0.587. The third-order valence-corrected chi connectivity index (χ3v) is 6.74. The molecule has 5 nitrogen and oxygen atoms in total. The molecule has 1 aliphatic rings. The maximum Gasteiger partial charge on any atom is 0.353 e. The molecular weight excluding hydrogens is 419 g/mol. The van der Waals surface area contributed by atoms with Crippen LogP contribution < -0.4 is 5.56 Å². The molecule has 0 spiro atoms. The van der Waals surface area contributed by atoms with E-state index in [1.165, 1.54) is 0 Å². The van der Waals surface area contributed by atoms with Gasteiger partial charge in [0.2, 0.25) is 0 Å². The van der Waals surface area contributed by atoms with Gasteiger partial charge in [0.1, 0.15) is 0 Å². The molecule has 2 heterocycles. The molecule has 6 heteroatoms. The van der Waals surface area contributed by atoms with E-state index < -0.39 is 5.97 Å². The van der Waals surface area contributed by atoms with Crippen molar-refractivity contribution in [3.63, 3.8) is 0 Å². The van der Waals surface area contributed by atoms with Gasteiger partial charge in [-0.25, -0.2) is 4.79 Å². The Morgan fingerprint density at radius 2 is 1.82 bits per heavy atom. The first kappa shape index (κ1) is 23.2. The number of halogens is 1. The van der Waals surface area contributed by atoms with Crippen molar-refractivity contribution < 1.29 is 14.3 Å². The van der Waals surface area contributed by atoms with Crippen molar-refractivity contribution in [3.05, 3.63) is 68.0 Å². The molecule has 0 fully saturated rings. The predicted octanol–water partition coefficient (Wildman–Crippen LogP) is 5.10. The summed E-state index contributed by atoms with van der Waals surface area (Å²) >= 11 is 0. The maximum absolute atomic E-state index is 13.1. The first-order valence-corrected chi connectivity index (χ1v) is 11.5. The van der Waals surface area contributed by atoms with Crippen LogP contribution in [-0.2, 0) is 29.1 Å². The third-order valence-electron chi connectivity index (χ3n) is 6.74. The summed E-state index contributed by atoms with van der Waals surface area (Å²) in [5.74, 6) is -0.420. The van der Waals surface area contributed by atoms with Gasteiger partial charge in [-0.1, -0.05) is 43.7 Å². The number of benzene rings is 2. The Morgan fingerprint density at radius 1 is 1.12 bits per heavy atom. The smallest absolute Gasteiger partial charge is 0.321 e. The van der Waals surface area contributed by atoms with Crippen LogP contribution in [0.3, 0.4) is 0 Å². The van der Waals surface area contributed by atoms with E-state index in [1.807, 2.05) is 45.0 Å². The van der Waals surface area contributed by atoms with E-state index in [1.54, 1.807) is 0 Å². The number of carbonyl (C=O) groups is 1. The monoisotopic (exact) mass is 450 g/mol. The van der Waals surface area contributed by atoms with Crippen molar-refractivity contribution in [3.8, 4) is 11.1 Å². The lowest BCUT2D eigenvalue weighted by Crippen LogP contribution is -2.37. The Kier molecular flexibility index (Phi) is 6.39. The largest absolute Gasteiger partial charge is 0.353 e. The van der Waals surface area contributed by atoms with Gasteiger partial charge >= 0.3 is 5.97 Å². The molecule has 0 aliphatic carbocycles. The second kappa shape index (κ2) is 9.10. The van der Waals surface area contributed by atoms with Crippen molar-refractivity contribution in [1.29, 1.82) is 0 Å². The van der Waals surface area contributed by atoms with Crippen molar-refractivity contribution >= 4 is 16.9 Å². The van der Waals surface area contributed by atoms with Crippen LogP contribution in [0.25, 0.3) is 22.0 Å². The van der Waals surface area contributed by atoms with E-state index in [9.17, 15) is 14.1 Å². The minimum absolute atomic E-state index is 0.0874. The number of hydrogen-bond donors (Lipinski definition) is 1. The van der Waals surface area contributed by atoms with Gasteiger partial charge in [0.05, 0.1) is 11.9 Å². The molecule has 4 rings (SSSR count). The molecule has 0 saturated heterocycles. The van der Waals surface area contributed by atoms with Crippen LogP contribution in [0, 0.1) is 26.7 Å². The van der Waals surface area contributed by atoms with Crippen molar-refractivity contribution in [1.82, 2.24) is 9.88 Å². The Morgan fingerprint density at radius 3 is 2.45 bits per heavy atom. The van der Waals surface area contributed by atoms with Gasteiger partial charge in [-0.2, -0.15) is 0 Å². The number of rotatable bonds is 5. The minimum Gasteiger partial charge on any atom is -0.321 e. The molecule has 2 aromatic carbocycles. The fourth-order valence-electron chi connectivity index (χ4n) is 5.27. The van der Waals surface area contributed by atoms with E-state index in [0.29, 0.717) is 18.0 Å². The molecule has 174 valence electrons. The van der Waals surface area contributed by atoms with Crippen LogP contribution in [0.4, 0.5) is 4.53 Å². The van der Waals surface area contributed by atoms with Crippen LogP contribution in [-0.4, -0.2) is 28.9 Å². The molecule has 1 N–H and O–H groups in total. The van der Waals surface area contributed by atoms with Crippen LogP contribution >= 0.6 is 0 Å². The number of nitrogens with zero attached hydrogens (tertiary/aromatic N) is 1. The first-order chi connectivity index (χ1) is 15.7. The van der Waals surface area contributed by atoms with Gasteiger partial charge in [-0.3, -0.25) is 14.6 Å². The second-order valence-electron chi connectivity index (χ2n) is 9.64. The summed E-state index contributed by atoms with van der Waals surface area (Å²) in [6, 6.07) is 8.10. The van der Waals surface area contributed by atoms with Gasteiger partial charge in [-0.15, -0.1) is 0 Å². The lowest BCUT2D eigenvalue weighted by atomic mass is 9.83. The number of nitrogens with one attached hydrogen (secondary N) is 1. The lowest BCUT2D eigenvalue weighted by Gasteiger charge is -2.31. The summed E-state index contributed by atoms with van der Waals surface area (Å²) in [5, 5.41) is 1.04. The minimum atomic E-state index is -0.949. The number of H-pyrrole nitrogens is 1. The SMILES string of the molecule is Cc1ccc(-c2c(CC(=O)OF)c(C)c3[nH]c(=O)c4c(c3c2C)CCN(CC(C)C)C4)cc1. The summed E-state index contributed by atoms with van der Waals surface area (Å²) in [6.45, 7) is 12.8. The molecule has 0 saturated carbocycles. The number of aromatic nitrogens is 1. The van der Waals surface area contributed by atoms with Gasteiger partial charge < -0.3 is 4.98 Å². The molecular formula is C27H31FN2O3. The Balaban J connectivity index is 2.01. The molecule has 1 aliphatic heterocycles. The first-order valence-electron chi connectivity index (χ1n) is 11.5. The molecule has 0 unspecified atom stereocenters. The van der Waals surface area contributed by atoms with Crippen LogP contribution in [0.5, 0.6) is 0 Å². The molecule has 0 amide bonds. The van der Waals surface area contributed by atoms with E-state index >= 15 is 0 Å². The number of carbonyl (C=O) groups excluding carboxylic acids is 1. The summed E-state index contributed by atoms with van der Waals surface area (Å²) in [4.78, 5) is 34.0. The van der Waals surface area contributed by atoms with Gasteiger partial charge in [-0.05, 0) is 66.5 Å². The van der Waals surface area contributed by atoms with Crippen LogP contribution in [0.1, 0.15) is 47.2 Å². The molecule has 0 bridgehead atoms. The summed E-state index contributed by atoms with van der Waals surface area (Å²) < 4.78 is 12.7. The zero-order chi connectivity index (χ0) is 23.9. The molecule has 0 atom stereocenters. The standard InChI is InChI=1S/C27H31FN2O3/c1-15(2)13-30-11-10-20-22(14-30)27(32)29-26-17(4)21(12-23(31)33-28)24(18(5)25(20)26)19-8-6-16(3)7-9-19/h6-9,15H,10-14H2,1-5H3,(H,29,32). The highest BCUT2D eigenvalue weighted by atomic mass is 19.3. The maximum atomic E-state index is 13.1. The summed E-state index contributed by atoms with van der Waals surface area (Å²) in [6.07, 6.45) is 0.589. The number of aromatic amines is 1. The fraction of sp³-hybridized carbons (Fsp3) is 0.407. The van der Waals surface area contributed by atoms with Crippen LogP contribution in [0.2, 0.25) is 0 Å². The Hall–Kier alpha value is -2.99. The zero-order valence-electron chi connectivity index (χ0n) is 20.0. The average Bonchev–Trinajstić information content (AvgIpc) is 2.78. The normalized spacial score (nSPS) is 14.0.